The first-order chi connectivity index (χ1) is 9.63. The zero-order valence-electron chi connectivity index (χ0n) is 11.9. The third kappa shape index (κ3) is 3.05. The van der Waals surface area contributed by atoms with E-state index in [0.29, 0.717) is 25.1 Å². The molecule has 0 bridgehead atoms. The molecule has 1 amide bonds. The van der Waals surface area contributed by atoms with Gasteiger partial charge in [0.1, 0.15) is 0 Å². The van der Waals surface area contributed by atoms with Crippen molar-refractivity contribution in [2.45, 2.75) is 19.9 Å². The number of nitrogens with one attached hydrogen (secondary N) is 1. The maximum Gasteiger partial charge on any atom is 0.251 e. The molecule has 1 aromatic carbocycles. The minimum atomic E-state index is -0.0719. The summed E-state index contributed by atoms with van der Waals surface area (Å²) in [5.74, 6) is -0.0719. The van der Waals surface area contributed by atoms with Gasteiger partial charge in [-0.2, -0.15) is 5.10 Å². The fourth-order valence-corrected chi connectivity index (χ4v) is 2.10. The molecule has 0 spiro atoms. The van der Waals surface area contributed by atoms with Gasteiger partial charge in [-0.25, -0.2) is 0 Å². The average molecular weight is 272 g/mol. The number of rotatable bonds is 5. The zero-order chi connectivity index (χ0) is 14.5. The quantitative estimate of drug-likeness (QED) is 0.858. The van der Waals surface area contributed by atoms with Gasteiger partial charge in [-0.05, 0) is 31.5 Å². The predicted octanol–water partition coefficient (Wildman–Crippen LogP) is 1.16. The topological polar surface area (TPSA) is 72.9 Å². The number of carbonyl (C=O) groups excluding carboxylic acids is 1. The molecule has 2 rings (SSSR count). The summed E-state index contributed by atoms with van der Waals surface area (Å²) in [6, 6.07) is 7.56. The van der Waals surface area contributed by atoms with Crippen LogP contribution in [0.5, 0.6) is 0 Å². The molecule has 0 aliphatic carbocycles. The molecule has 3 N–H and O–H groups in total. The Kier molecular flexibility index (Phi) is 4.53. The molecule has 1 heterocycles. The fourth-order valence-electron chi connectivity index (χ4n) is 2.10. The third-order valence-corrected chi connectivity index (χ3v) is 3.45. The molecule has 20 heavy (non-hydrogen) atoms. The van der Waals surface area contributed by atoms with Crippen LogP contribution in [0.1, 0.15) is 27.2 Å². The molecule has 0 radical (unpaired) electrons. The van der Waals surface area contributed by atoms with Crippen LogP contribution in [0.4, 0.5) is 0 Å². The Morgan fingerprint density at radius 3 is 2.75 bits per heavy atom. The van der Waals surface area contributed by atoms with Gasteiger partial charge in [0, 0.05) is 30.4 Å². The van der Waals surface area contributed by atoms with E-state index in [1.807, 2.05) is 38.2 Å². The Labute approximate surface area is 118 Å². The highest BCUT2D eigenvalue weighted by Crippen LogP contribution is 2.10. The van der Waals surface area contributed by atoms with Crippen LogP contribution in [0, 0.1) is 6.92 Å². The Balaban J connectivity index is 2.07. The van der Waals surface area contributed by atoms with Crippen LogP contribution in [0.3, 0.4) is 0 Å². The standard InChI is InChI=1S/C15H20N4O/c1-11-13(10-18-19(11)2)9-17-15(20)14-6-4-3-5-12(14)7-8-16/h3-6,10H,7-9,16H2,1-2H3,(H,17,20). The third-order valence-electron chi connectivity index (χ3n) is 3.45. The van der Waals surface area contributed by atoms with Gasteiger partial charge >= 0.3 is 0 Å². The fraction of sp³-hybridized carbons (Fsp3) is 0.333. The summed E-state index contributed by atoms with van der Waals surface area (Å²) >= 11 is 0. The highest BCUT2D eigenvalue weighted by Gasteiger charge is 2.11. The van der Waals surface area contributed by atoms with Gasteiger partial charge in [0.05, 0.1) is 6.20 Å². The lowest BCUT2D eigenvalue weighted by molar-refractivity contribution is 0.0950. The van der Waals surface area contributed by atoms with Crippen LogP contribution in [-0.2, 0) is 20.0 Å². The number of aryl methyl sites for hydroxylation is 1. The van der Waals surface area contributed by atoms with Gasteiger partial charge in [0.15, 0.2) is 0 Å². The van der Waals surface area contributed by atoms with Crippen molar-refractivity contribution in [3.8, 4) is 0 Å². The summed E-state index contributed by atoms with van der Waals surface area (Å²) in [6.07, 6.45) is 2.48. The molecule has 1 aromatic heterocycles. The Bertz CT molecular complexity index is 604. The molecule has 0 aliphatic rings. The Hall–Kier alpha value is -2.14. The molecule has 0 saturated carbocycles. The molecule has 5 nitrogen and oxygen atoms in total. The van der Waals surface area contributed by atoms with Crippen molar-refractivity contribution < 1.29 is 4.79 Å². The van der Waals surface area contributed by atoms with Crippen LogP contribution in [0.25, 0.3) is 0 Å². The molecule has 106 valence electrons. The number of nitrogens with two attached hydrogens (primary N) is 1. The largest absolute Gasteiger partial charge is 0.348 e. The van der Waals surface area contributed by atoms with Crippen molar-refractivity contribution >= 4 is 5.91 Å². The first-order valence-electron chi connectivity index (χ1n) is 6.67. The number of aromatic nitrogens is 2. The van der Waals surface area contributed by atoms with E-state index in [1.54, 1.807) is 10.9 Å². The maximum absolute atomic E-state index is 12.3. The number of nitrogens with zero attached hydrogens (tertiary/aromatic N) is 2. The van der Waals surface area contributed by atoms with Crippen molar-refractivity contribution in [3.63, 3.8) is 0 Å². The first-order valence-corrected chi connectivity index (χ1v) is 6.67. The molecule has 0 fully saturated rings. The minimum Gasteiger partial charge on any atom is -0.348 e. The second kappa shape index (κ2) is 6.34. The summed E-state index contributed by atoms with van der Waals surface area (Å²) in [5, 5.41) is 7.10. The summed E-state index contributed by atoms with van der Waals surface area (Å²) < 4.78 is 1.80. The van der Waals surface area contributed by atoms with E-state index in [2.05, 4.69) is 10.4 Å². The SMILES string of the molecule is Cc1c(CNC(=O)c2ccccc2CCN)cnn1C. The van der Waals surface area contributed by atoms with Crippen molar-refractivity contribution in [3.05, 3.63) is 52.8 Å². The van der Waals surface area contributed by atoms with Crippen molar-refractivity contribution in [1.82, 2.24) is 15.1 Å². The molecule has 0 aliphatic heterocycles. The molecule has 2 aromatic rings. The van der Waals surface area contributed by atoms with E-state index < -0.39 is 0 Å². The lowest BCUT2D eigenvalue weighted by Crippen LogP contribution is -2.24. The number of hydrogen-bond acceptors (Lipinski definition) is 3. The molecule has 0 saturated heterocycles. The second-order valence-electron chi connectivity index (χ2n) is 4.76. The number of carbonyl (C=O) groups is 1. The van der Waals surface area contributed by atoms with Crippen LogP contribution >= 0.6 is 0 Å². The summed E-state index contributed by atoms with van der Waals surface area (Å²) in [4.78, 5) is 12.3. The summed E-state index contributed by atoms with van der Waals surface area (Å²) in [6.45, 7) is 3.00. The molecular weight excluding hydrogens is 252 g/mol. The van der Waals surface area contributed by atoms with Gasteiger partial charge in [0.25, 0.3) is 5.91 Å². The van der Waals surface area contributed by atoms with Crippen LogP contribution < -0.4 is 11.1 Å². The van der Waals surface area contributed by atoms with Gasteiger partial charge < -0.3 is 11.1 Å². The average Bonchev–Trinajstić information content (AvgIpc) is 2.77. The van der Waals surface area contributed by atoms with Gasteiger partial charge in [-0.1, -0.05) is 18.2 Å². The second-order valence-corrected chi connectivity index (χ2v) is 4.76. The Morgan fingerprint density at radius 1 is 1.35 bits per heavy atom. The predicted molar refractivity (Wildman–Crippen MR) is 78.3 cm³/mol. The molecular formula is C15H20N4O. The van der Waals surface area contributed by atoms with E-state index in [1.165, 1.54) is 0 Å². The lowest BCUT2D eigenvalue weighted by atomic mass is 10.0. The van der Waals surface area contributed by atoms with Crippen LogP contribution in [0.2, 0.25) is 0 Å². The van der Waals surface area contributed by atoms with E-state index in [9.17, 15) is 4.79 Å². The minimum absolute atomic E-state index is 0.0719. The Morgan fingerprint density at radius 2 is 2.10 bits per heavy atom. The van der Waals surface area contributed by atoms with Crippen molar-refractivity contribution in [2.24, 2.45) is 12.8 Å². The molecule has 5 heteroatoms. The monoisotopic (exact) mass is 272 g/mol. The zero-order valence-corrected chi connectivity index (χ0v) is 11.9. The van der Waals surface area contributed by atoms with Gasteiger partial charge in [-0.15, -0.1) is 0 Å². The number of benzene rings is 1. The van der Waals surface area contributed by atoms with Gasteiger partial charge in [-0.3, -0.25) is 9.48 Å². The highest BCUT2D eigenvalue weighted by atomic mass is 16.1. The van der Waals surface area contributed by atoms with E-state index in [0.717, 1.165) is 16.8 Å². The molecule has 0 unspecified atom stereocenters. The van der Waals surface area contributed by atoms with Gasteiger partial charge in [0.2, 0.25) is 0 Å². The number of amides is 1. The van der Waals surface area contributed by atoms with E-state index in [-0.39, 0.29) is 5.91 Å². The number of hydrogen-bond donors (Lipinski definition) is 2. The smallest absolute Gasteiger partial charge is 0.251 e. The normalized spacial score (nSPS) is 10.6. The lowest BCUT2D eigenvalue weighted by Gasteiger charge is -2.09. The van der Waals surface area contributed by atoms with E-state index in [4.69, 9.17) is 5.73 Å². The first kappa shape index (κ1) is 14.3. The van der Waals surface area contributed by atoms with Crippen molar-refractivity contribution in [1.29, 1.82) is 0 Å². The van der Waals surface area contributed by atoms with Crippen LogP contribution in [0.15, 0.2) is 30.5 Å². The van der Waals surface area contributed by atoms with Crippen LogP contribution in [-0.4, -0.2) is 22.2 Å². The maximum atomic E-state index is 12.3. The summed E-state index contributed by atoms with van der Waals surface area (Å²) in [7, 11) is 1.89. The summed E-state index contributed by atoms with van der Waals surface area (Å²) in [5.41, 5.74) is 9.33. The highest BCUT2D eigenvalue weighted by molar-refractivity contribution is 5.95. The molecule has 0 atom stereocenters. The van der Waals surface area contributed by atoms with Crippen molar-refractivity contribution in [2.75, 3.05) is 6.54 Å². The van der Waals surface area contributed by atoms with E-state index >= 15 is 0 Å².